The van der Waals surface area contributed by atoms with Gasteiger partial charge in [0.1, 0.15) is 5.82 Å². The second-order valence-corrected chi connectivity index (χ2v) is 7.84. The summed E-state index contributed by atoms with van der Waals surface area (Å²) in [6, 6.07) is 3.56. The predicted octanol–water partition coefficient (Wildman–Crippen LogP) is 2.58. The van der Waals surface area contributed by atoms with Crippen LogP contribution in [-0.4, -0.2) is 53.7 Å². The van der Waals surface area contributed by atoms with Gasteiger partial charge >= 0.3 is 0 Å². The highest BCUT2D eigenvalue weighted by Crippen LogP contribution is 2.28. The summed E-state index contributed by atoms with van der Waals surface area (Å²) in [5, 5.41) is 9.86. The van der Waals surface area contributed by atoms with Gasteiger partial charge in [-0.25, -0.2) is 15.0 Å². The van der Waals surface area contributed by atoms with Crippen molar-refractivity contribution in [2.24, 2.45) is 11.8 Å². The fourth-order valence-electron chi connectivity index (χ4n) is 3.59. The first-order valence-corrected chi connectivity index (χ1v) is 10.4. The maximum Gasteiger partial charge on any atom is 0.229 e. The first-order valence-electron chi connectivity index (χ1n) is 10.0. The lowest BCUT2D eigenvalue weighted by Crippen LogP contribution is -2.25. The lowest BCUT2D eigenvalue weighted by molar-refractivity contribution is -0.119. The number of hydrogen-bond donors (Lipinski definition) is 3. The van der Waals surface area contributed by atoms with Gasteiger partial charge in [-0.05, 0) is 43.9 Å². The van der Waals surface area contributed by atoms with Gasteiger partial charge in [-0.1, -0.05) is 11.6 Å². The molecule has 2 aliphatic rings. The van der Waals surface area contributed by atoms with Gasteiger partial charge in [0, 0.05) is 44.3 Å². The number of carbonyl (C=O) groups is 1. The molecule has 2 fully saturated rings. The van der Waals surface area contributed by atoms with E-state index in [0.29, 0.717) is 40.5 Å². The molecule has 2 aromatic rings. The summed E-state index contributed by atoms with van der Waals surface area (Å²) in [4.78, 5) is 25.5. The highest BCUT2D eigenvalue weighted by atomic mass is 35.5. The zero-order chi connectivity index (χ0) is 20.1. The Bertz CT molecular complexity index is 853. The number of ether oxygens (including phenoxy) is 1. The monoisotopic (exact) mass is 416 g/mol. The molecule has 3 N–H and O–H groups in total. The molecule has 1 unspecified atom stereocenters. The van der Waals surface area contributed by atoms with Gasteiger partial charge in [0.05, 0.1) is 16.6 Å². The number of carbonyl (C=O) groups excluding carboxylic acids is 1. The molecule has 29 heavy (non-hydrogen) atoms. The highest BCUT2D eigenvalue weighted by Gasteiger charge is 2.23. The Hall–Kier alpha value is -2.29. The molecular weight excluding hydrogens is 392 g/mol. The topological polar surface area (TPSA) is 101 Å². The average molecular weight is 417 g/mol. The van der Waals surface area contributed by atoms with Crippen LogP contribution in [0.4, 0.5) is 11.8 Å². The molecule has 8 nitrogen and oxygen atoms in total. The fraction of sp³-hybridized carbons (Fsp3) is 0.500. The molecule has 154 valence electrons. The number of rotatable bonds is 6. The number of pyridine rings is 1. The van der Waals surface area contributed by atoms with Crippen molar-refractivity contribution in [1.82, 2.24) is 20.3 Å². The van der Waals surface area contributed by atoms with Crippen molar-refractivity contribution in [1.29, 1.82) is 0 Å². The van der Waals surface area contributed by atoms with E-state index < -0.39 is 0 Å². The third-order valence-corrected chi connectivity index (χ3v) is 5.66. The molecule has 2 aromatic heterocycles. The molecule has 4 heterocycles. The number of hydrogen-bond acceptors (Lipinski definition) is 7. The molecule has 2 saturated heterocycles. The quantitative estimate of drug-likeness (QED) is 0.665. The Morgan fingerprint density at radius 3 is 2.93 bits per heavy atom. The van der Waals surface area contributed by atoms with Crippen LogP contribution in [0.5, 0.6) is 0 Å². The molecule has 0 saturated carbocycles. The second kappa shape index (κ2) is 9.47. The molecule has 0 aromatic carbocycles. The Morgan fingerprint density at radius 1 is 1.28 bits per heavy atom. The molecule has 1 atom stereocenters. The summed E-state index contributed by atoms with van der Waals surface area (Å²) >= 11 is 6.37. The van der Waals surface area contributed by atoms with Crippen molar-refractivity contribution in [2.75, 3.05) is 43.5 Å². The Kier molecular flexibility index (Phi) is 6.53. The minimum atomic E-state index is -0.0315. The van der Waals surface area contributed by atoms with Crippen LogP contribution in [0.15, 0.2) is 24.5 Å². The summed E-state index contributed by atoms with van der Waals surface area (Å²) in [5.41, 5.74) is 1.39. The molecule has 2 aliphatic heterocycles. The van der Waals surface area contributed by atoms with Gasteiger partial charge in [0.15, 0.2) is 0 Å². The molecule has 0 bridgehead atoms. The number of anilines is 2. The highest BCUT2D eigenvalue weighted by molar-refractivity contribution is 6.33. The van der Waals surface area contributed by atoms with Gasteiger partial charge < -0.3 is 20.7 Å². The number of nitrogens with one attached hydrogen (secondary N) is 3. The zero-order valence-corrected chi connectivity index (χ0v) is 16.9. The van der Waals surface area contributed by atoms with Gasteiger partial charge in [-0.2, -0.15) is 0 Å². The van der Waals surface area contributed by atoms with E-state index in [9.17, 15) is 4.79 Å². The van der Waals surface area contributed by atoms with Gasteiger partial charge in [0.2, 0.25) is 11.9 Å². The molecular formula is C20H25ClN6O2. The van der Waals surface area contributed by atoms with Crippen molar-refractivity contribution in [3.8, 4) is 11.3 Å². The van der Waals surface area contributed by atoms with Gasteiger partial charge in [-0.15, -0.1) is 0 Å². The maximum absolute atomic E-state index is 12.4. The Balaban J connectivity index is 1.46. The lowest BCUT2D eigenvalue weighted by atomic mass is 10.0. The predicted molar refractivity (Wildman–Crippen MR) is 112 cm³/mol. The van der Waals surface area contributed by atoms with E-state index >= 15 is 0 Å². The molecule has 0 spiro atoms. The van der Waals surface area contributed by atoms with Crippen LogP contribution in [0, 0.1) is 11.8 Å². The second-order valence-electron chi connectivity index (χ2n) is 7.43. The Labute approximate surface area is 174 Å². The third kappa shape index (κ3) is 5.20. The van der Waals surface area contributed by atoms with E-state index in [2.05, 4.69) is 30.9 Å². The maximum atomic E-state index is 12.4. The smallest absolute Gasteiger partial charge is 0.229 e. The van der Waals surface area contributed by atoms with Gasteiger partial charge in [0.25, 0.3) is 0 Å². The number of nitrogens with zero attached hydrogens (tertiary/aromatic N) is 3. The van der Waals surface area contributed by atoms with Crippen LogP contribution in [0.2, 0.25) is 5.02 Å². The van der Waals surface area contributed by atoms with Crippen LogP contribution >= 0.6 is 11.6 Å². The van der Waals surface area contributed by atoms with Gasteiger partial charge in [-0.3, -0.25) is 4.79 Å². The average Bonchev–Trinajstić information content (AvgIpc) is 3.30. The molecule has 0 aliphatic carbocycles. The number of halogens is 1. The standard InChI is InChI=1S/C20H25ClN6O2/c21-16-12-24-18(27-19(28)14-1-5-22-11-14)9-15(16)17-2-6-23-20(26-17)25-10-13-3-7-29-8-4-13/h2,6,9,12-14,22H,1,3-5,7-8,10-11H2,(H,23,25,26)(H,24,27,28). The first-order chi connectivity index (χ1) is 14.2. The number of aromatic nitrogens is 3. The summed E-state index contributed by atoms with van der Waals surface area (Å²) in [7, 11) is 0. The van der Waals surface area contributed by atoms with Crippen LogP contribution < -0.4 is 16.0 Å². The normalized spacial score (nSPS) is 19.8. The van der Waals surface area contributed by atoms with Crippen molar-refractivity contribution < 1.29 is 9.53 Å². The SMILES string of the molecule is O=C(Nc1cc(-c2ccnc(NCC3CCOCC3)n2)c(Cl)cn1)C1CCNC1. The summed E-state index contributed by atoms with van der Waals surface area (Å²) < 4.78 is 5.40. The van der Waals surface area contributed by atoms with Crippen molar-refractivity contribution >= 4 is 29.3 Å². The van der Waals surface area contributed by atoms with E-state index in [1.807, 2.05) is 0 Å². The molecule has 9 heteroatoms. The molecule has 1 amide bonds. The van der Waals surface area contributed by atoms with Crippen molar-refractivity contribution in [3.05, 3.63) is 29.5 Å². The third-order valence-electron chi connectivity index (χ3n) is 5.36. The van der Waals surface area contributed by atoms with Crippen LogP contribution in [0.25, 0.3) is 11.3 Å². The minimum absolute atomic E-state index is 0.0303. The zero-order valence-electron chi connectivity index (χ0n) is 16.2. The summed E-state index contributed by atoms with van der Waals surface area (Å²) in [5.74, 6) is 1.53. The van der Waals surface area contributed by atoms with Crippen molar-refractivity contribution in [3.63, 3.8) is 0 Å². The van der Waals surface area contributed by atoms with E-state index in [1.165, 1.54) is 6.20 Å². The molecule has 0 radical (unpaired) electrons. The molecule has 4 rings (SSSR count). The number of amides is 1. The summed E-state index contributed by atoms with van der Waals surface area (Å²) in [6.07, 6.45) is 6.16. The van der Waals surface area contributed by atoms with Crippen LogP contribution in [0.3, 0.4) is 0 Å². The Morgan fingerprint density at radius 2 is 2.14 bits per heavy atom. The largest absolute Gasteiger partial charge is 0.381 e. The minimum Gasteiger partial charge on any atom is -0.381 e. The van der Waals surface area contributed by atoms with E-state index in [4.69, 9.17) is 16.3 Å². The summed E-state index contributed by atoms with van der Waals surface area (Å²) in [6.45, 7) is 3.99. The van der Waals surface area contributed by atoms with Crippen molar-refractivity contribution in [2.45, 2.75) is 19.3 Å². The van der Waals surface area contributed by atoms with Crippen LogP contribution in [-0.2, 0) is 9.53 Å². The first kappa shape index (κ1) is 20.0. The van der Waals surface area contributed by atoms with E-state index in [0.717, 1.165) is 45.6 Å². The lowest BCUT2D eigenvalue weighted by Gasteiger charge is -2.22. The van der Waals surface area contributed by atoms with E-state index in [1.54, 1.807) is 18.3 Å². The van der Waals surface area contributed by atoms with Crippen LogP contribution in [0.1, 0.15) is 19.3 Å². The fourth-order valence-corrected chi connectivity index (χ4v) is 3.79. The van der Waals surface area contributed by atoms with E-state index in [-0.39, 0.29) is 11.8 Å².